The van der Waals surface area contributed by atoms with Crippen LogP contribution < -0.4 is 5.32 Å². The zero-order valence-electron chi connectivity index (χ0n) is 25.0. The van der Waals surface area contributed by atoms with Gasteiger partial charge in [0.05, 0.1) is 32.0 Å². The number of carbonyl (C=O) groups is 4. The molecule has 0 saturated heterocycles. The lowest BCUT2D eigenvalue weighted by Crippen LogP contribution is -2.51. The van der Waals surface area contributed by atoms with Crippen molar-refractivity contribution in [3.63, 3.8) is 0 Å². The quantitative estimate of drug-likeness (QED) is 0.286. The van der Waals surface area contributed by atoms with Gasteiger partial charge in [-0.1, -0.05) is 26.8 Å². The molecule has 0 aliphatic carbocycles. The Kier molecular flexibility index (Phi) is 9.16. The van der Waals surface area contributed by atoms with E-state index >= 15 is 0 Å². The fraction of sp³-hybridized carbons (Fsp3) is 0.400. The number of hydrogen-bond acceptors (Lipinski definition) is 8. The molecule has 0 atom stereocenters. The van der Waals surface area contributed by atoms with Gasteiger partial charge in [-0.3, -0.25) is 14.9 Å². The predicted octanol–water partition coefficient (Wildman–Crippen LogP) is 2.76. The van der Waals surface area contributed by atoms with Crippen LogP contribution in [0.1, 0.15) is 32.9 Å². The molecule has 4 heterocycles. The van der Waals surface area contributed by atoms with Gasteiger partial charge in [0.25, 0.3) is 11.8 Å². The second-order valence-electron chi connectivity index (χ2n) is 12.3. The van der Waals surface area contributed by atoms with Gasteiger partial charge in [-0.25, -0.2) is 19.6 Å². The maximum absolute atomic E-state index is 13.1. The number of rotatable bonds is 9. The van der Waals surface area contributed by atoms with Gasteiger partial charge in [-0.05, 0) is 35.8 Å². The molecule has 0 saturated carbocycles. The van der Waals surface area contributed by atoms with Gasteiger partial charge in [-0.15, -0.1) is 11.3 Å². The molecule has 3 aliphatic rings. The Morgan fingerprint density at radius 1 is 1.16 bits per heavy atom. The predicted molar refractivity (Wildman–Crippen MR) is 163 cm³/mol. The second kappa shape index (κ2) is 12.5. The van der Waals surface area contributed by atoms with E-state index in [1.807, 2.05) is 16.4 Å². The molecule has 1 aromatic heterocycles. The molecule has 12 nitrogen and oxygen atoms in total. The Bertz CT molecular complexity index is 1520. The monoisotopic (exact) mass is 609 g/mol. The normalized spacial score (nSPS) is 17.4. The summed E-state index contributed by atoms with van der Waals surface area (Å²) in [5.41, 5.74) is 3.34. The Morgan fingerprint density at radius 2 is 1.91 bits per heavy atom. The Labute approximate surface area is 254 Å². The number of thiazole rings is 1. The number of carboxylic acid groups (broad SMARTS) is 2. The number of carboxylic acids is 2. The molecule has 0 aromatic carbocycles. The summed E-state index contributed by atoms with van der Waals surface area (Å²) >= 11 is 1.37. The molecule has 0 bridgehead atoms. The largest absolute Gasteiger partial charge is 0.478 e. The molecule has 1 aromatic rings. The number of nitrogens with one attached hydrogen (secondary N) is 1. The Morgan fingerprint density at radius 3 is 2.51 bits per heavy atom. The van der Waals surface area contributed by atoms with E-state index in [1.54, 1.807) is 37.3 Å². The molecule has 3 N–H and O–H groups in total. The molecular formula is C30H37N6O6S+. The standard InChI is InChI=1S/C30H36N6O6S/c1-30(2,3)22-18-43-29(31-22)33-28(42)20-10-13-35-15-21(6-7-25(38)39)27(32-23(35)14-20)19-8-11-34(12-9-19)24(37)16-36(4,5)17-26(40)41/h6-8,10,13-14,18H,9,11-12,15-17H2,1-5H3,(H2-,31,33,38,39,40,41,42)/p+1/b7-6+. The number of anilines is 1. The minimum absolute atomic E-state index is 0.0378. The van der Waals surface area contributed by atoms with Gasteiger partial charge < -0.3 is 24.5 Å². The minimum atomic E-state index is -1.08. The molecule has 2 amide bonds. The van der Waals surface area contributed by atoms with E-state index in [-0.39, 0.29) is 34.8 Å². The maximum Gasteiger partial charge on any atom is 0.359 e. The zero-order chi connectivity index (χ0) is 31.5. The van der Waals surface area contributed by atoms with Crippen molar-refractivity contribution in [3.8, 4) is 0 Å². The number of hydrogen-bond donors (Lipinski definition) is 3. The minimum Gasteiger partial charge on any atom is -0.478 e. The molecule has 0 unspecified atom stereocenters. The summed E-state index contributed by atoms with van der Waals surface area (Å²) in [7, 11) is 3.40. The first-order valence-electron chi connectivity index (χ1n) is 13.8. The number of quaternary nitrogens is 1. The van der Waals surface area contributed by atoms with Gasteiger partial charge in [0, 0.05) is 41.7 Å². The van der Waals surface area contributed by atoms with E-state index in [4.69, 9.17) is 10.1 Å². The highest BCUT2D eigenvalue weighted by atomic mass is 32.1. The number of carbonyl (C=O) groups excluding carboxylic acids is 2. The number of aromatic nitrogens is 1. The number of amidine groups is 1. The van der Waals surface area contributed by atoms with Gasteiger partial charge in [0.2, 0.25) is 0 Å². The third kappa shape index (κ3) is 8.14. The lowest BCUT2D eigenvalue weighted by molar-refractivity contribution is -0.875. The molecule has 0 fully saturated rings. The number of nitrogens with zero attached hydrogens (tertiary/aromatic N) is 5. The smallest absolute Gasteiger partial charge is 0.359 e. The van der Waals surface area contributed by atoms with Crippen LogP contribution >= 0.6 is 11.3 Å². The number of aliphatic imine (C=N–C) groups is 1. The van der Waals surface area contributed by atoms with Crippen LogP contribution in [-0.4, -0.2) is 106 Å². The summed E-state index contributed by atoms with van der Waals surface area (Å²) in [6.45, 7) is 7.15. The molecule has 4 rings (SSSR count). The van der Waals surface area contributed by atoms with Crippen molar-refractivity contribution in [1.29, 1.82) is 0 Å². The van der Waals surface area contributed by atoms with Crippen molar-refractivity contribution >= 4 is 46.1 Å². The highest BCUT2D eigenvalue weighted by Gasteiger charge is 2.30. The van der Waals surface area contributed by atoms with E-state index in [1.165, 1.54) is 17.4 Å². The van der Waals surface area contributed by atoms with E-state index in [9.17, 15) is 24.3 Å². The third-order valence-corrected chi connectivity index (χ3v) is 7.82. The van der Waals surface area contributed by atoms with E-state index < -0.39 is 11.9 Å². The number of aliphatic carboxylic acids is 2. The molecule has 43 heavy (non-hydrogen) atoms. The molecule has 3 aliphatic heterocycles. The van der Waals surface area contributed by atoms with Gasteiger partial charge in [0.15, 0.2) is 18.2 Å². The molecular weight excluding hydrogens is 572 g/mol. The average molecular weight is 610 g/mol. The highest BCUT2D eigenvalue weighted by molar-refractivity contribution is 7.14. The van der Waals surface area contributed by atoms with Crippen LogP contribution in [0.3, 0.4) is 0 Å². The topological polar surface area (TPSA) is 152 Å². The van der Waals surface area contributed by atoms with Crippen LogP contribution in [0.15, 0.2) is 69.4 Å². The van der Waals surface area contributed by atoms with Crippen molar-refractivity contribution in [2.24, 2.45) is 4.99 Å². The number of allylic oxidation sites excluding steroid dienone is 1. The Balaban J connectivity index is 1.55. The van der Waals surface area contributed by atoms with Crippen molar-refractivity contribution in [2.75, 3.05) is 52.1 Å². The third-order valence-electron chi connectivity index (χ3n) is 7.06. The van der Waals surface area contributed by atoms with Crippen molar-refractivity contribution in [3.05, 3.63) is 70.1 Å². The Hall–Kier alpha value is -4.36. The van der Waals surface area contributed by atoms with E-state index in [0.29, 0.717) is 53.9 Å². The van der Waals surface area contributed by atoms with Crippen LogP contribution in [-0.2, 0) is 24.6 Å². The van der Waals surface area contributed by atoms with Crippen LogP contribution in [0, 0.1) is 0 Å². The van der Waals surface area contributed by atoms with Crippen molar-refractivity contribution in [1.82, 2.24) is 14.8 Å². The van der Waals surface area contributed by atoms with Gasteiger partial charge >= 0.3 is 11.9 Å². The van der Waals surface area contributed by atoms with Crippen LogP contribution in [0.4, 0.5) is 5.13 Å². The molecule has 228 valence electrons. The number of fused-ring (bicyclic) bond motifs is 1. The summed E-state index contributed by atoms with van der Waals surface area (Å²) in [5.74, 6) is -1.97. The zero-order valence-corrected chi connectivity index (χ0v) is 25.8. The van der Waals surface area contributed by atoms with Crippen LogP contribution in [0.5, 0.6) is 0 Å². The average Bonchev–Trinajstić information content (AvgIpc) is 3.39. The van der Waals surface area contributed by atoms with E-state index in [2.05, 4.69) is 31.1 Å². The first kappa shape index (κ1) is 31.6. The summed E-state index contributed by atoms with van der Waals surface area (Å²) < 4.78 is 0.0378. The van der Waals surface area contributed by atoms with Crippen molar-refractivity contribution < 1.29 is 33.9 Å². The summed E-state index contributed by atoms with van der Waals surface area (Å²) in [6, 6.07) is 0. The van der Waals surface area contributed by atoms with Gasteiger partial charge in [0.1, 0.15) is 5.84 Å². The maximum atomic E-state index is 13.1. The SMILES string of the molecule is CC(C)(C)c1csc(NC(=O)C2=CC3=NC(C4=CCN(C(=O)C[N+](C)(C)CC(=O)O)CC4)=C(/C=C/C(=O)O)CN3C=C2)n1. The fourth-order valence-corrected chi connectivity index (χ4v) is 5.69. The molecule has 0 radical (unpaired) electrons. The second-order valence-corrected chi connectivity index (χ2v) is 13.1. The number of amides is 2. The van der Waals surface area contributed by atoms with Gasteiger partial charge in [-0.2, -0.15) is 0 Å². The molecule has 13 heteroatoms. The highest BCUT2D eigenvalue weighted by Crippen LogP contribution is 2.31. The van der Waals surface area contributed by atoms with Crippen LogP contribution in [0.25, 0.3) is 0 Å². The molecule has 0 spiro atoms. The fourth-order valence-electron chi connectivity index (χ4n) is 4.76. The first-order chi connectivity index (χ1) is 20.1. The summed E-state index contributed by atoms with van der Waals surface area (Å²) in [4.78, 5) is 61.3. The first-order valence-corrected chi connectivity index (χ1v) is 14.7. The summed E-state index contributed by atoms with van der Waals surface area (Å²) in [6.07, 6.45) is 10.1. The number of likely N-dealkylation sites (N-methyl/N-ethyl adjacent to an activating group) is 1. The lowest BCUT2D eigenvalue weighted by atomic mass is 9.93. The van der Waals surface area contributed by atoms with Crippen LogP contribution in [0.2, 0.25) is 0 Å². The lowest BCUT2D eigenvalue weighted by Gasteiger charge is -2.34. The summed E-state index contributed by atoms with van der Waals surface area (Å²) in [5, 5.41) is 23.7. The van der Waals surface area contributed by atoms with E-state index in [0.717, 1.165) is 17.3 Å². The van der Waals surface area contributed by atoms with Crippen molar-refractivity contribution in [2.45, 2.75) is 32.6 Å².